The molecule has 0 bridgehead atoms. The first-order chi connectivity index (χ1) is 13.9. The number of aromatic nitrogens is 1. The Morgan fingerprint density at radius 2 is 2.21 bits per heavy atom. The van der Waals surface area contributed by atoms with E-state index < -0.39 is 12.0 Å². The van der Waals surface area contributed by atoms with Crippen LogP contribution in [0.5, 0.6) is 0 Å². The number of hydrogen-bond donors (Lipinski definition) is 2. The first-order valence-corrected chi connectivity index (χ1v) is 10.4. The summed E-state index contributed by atoms with van der Waals surface area (Å²) >= 11 is 3.44. The number of benzene rings is 1. The Hall–Kier alpha value is -2.61. The van der Waals surface area contributed by atoms with E-state index in [0.717, 1.165) is 15.4 Å². The number of nitrogens with zero attached hydrogens (tertiary/aromatic N) is 1. The number of amides is 2. The lowest BCUT2D eigenvalue weighted by Crippen LogP contribution is -2.37. The predicted molar refractivity (Wildman–Crippen MR) is 113 cm³/mol. The molecule has 2 amide bonds. The van der Waals surface area contributed by atoms with E-state index in [4.69, 9.17) is 4.74 Å². The lowest BCUT2D eigenvalue weighted by atomic mass is 9.98. The lowest BCUT2D eigenvalue weighted by molar-refractivity contribution is -0.137. The molecule has 7 nitrogen and oxygen atoms in total. The number of esters is 1. The molecule has 29 heavy (non-hydrogen) atoms. The van der Waals surface area contributed by atoms with Gasteiger partial charge in [-0.25, -0.2) is 4.79 Å². The smallest absolute Gasteiger partial charge is 0.330 e. The summed E-state index contributed by atoms with van der Waals surface area (Å²) in [7, 11) is 1.83. The van der Waals surface area contributed by atoms with Crippen LogP contribution in [0.3, 0.4) is 0 Å². The molecule has 1 aromatic carbocycles. The van der Waals surface area contributed by atoms with Crippen LogP contribution in [0.25, 0.3) is 10.9 Å². The van der Waals surface area contributed by atoms with Crippen LogP contribution >= 0.6 is 15.9 Å². The zero-order valence-electron chi connectivity index (χ0n) is 16.4. The van der Waals surface area contributed by atoms with Crippen LogP contribution in [-0.4, -0.2) is 41.5 Å². The summed E-state index contributed by atoms with van der Waals surface area (Å²) < 4.78 is 7.68. The van der Waals surface area contributed by atoms with Crippen LogP contribution in [0.4, 0.5) is 0 Å². The molecular formula is C21H24BrN3O4. The van der Waals surface area contributed by atoms with Gasteiger partial charge in [-0.15, -0.1) is 0 Å². The van der Waals surface area contributed by atoms with E-state index in [1.807, 2.05) is 35.9 Å². The van der Waals surface area contributed by atoms with E-state index in [1.165, 1.54) is 6.08 Å². The Kier molecular flexibility index (Phi) is 6.74. The molecular weight excluding hydrogens is 438 g/mol. The number of carbonyl (C=O) groups is 3. The van der Waals surface area contributed by atoms with E-state index in [9.17, 15) is 14.4 Å². The monoisotopic (exact) mass is 461 g/mol. The molecule has 1 fully saturated rings. The summed E-state index contributed by atoms with van der Waals surface area (Å²) in [6.07, 6.45) is 4.03. The Labute approximate surface area is 177 Å². The maximum atomic E-state index is 13.0. The van der Waals surface area contributed by atoms with Crippen molar-refractivity contribution in [3.05, 3.63) is 46.6 Å². The highest BCUT2D eigenvalue weighted by atomic mass is 79.9. The lowest BCUT2D eigenvalue weighted by Gasteiger charge is -2.18. The Bertz CT molecular complexity index is 966. The number of ether oxygens (including phenoxy) is 1. The van der Waals surface area contributed by atoms with Crippen molar-refractivity contribution in [1.29, 1.82) is 0 Å². The van der Waals surface area contributed by atoms with Crippen molar-refractivity contribution in [2.45, 2.75) is 25.8 Å². The molecule has 0 spiro atoms. The van der Waals surface area contributed by atoms with Gasteiger partial charge in [0.25, 0.3) is 5.91 Å². The van der Waals surface area contributed by atoms with E-state index in [0.29, 0.717) is 25.1 Å². The molecule has 154 valence electrons. The number of nitrogens with one attached hydrogen (secondary N) is 2. The maximum Gasteiger partial charge on any atom is 0.330 e. The van der Waals surface area contributed by atoms with Gasteiger partial charge >= 0.3 is 5.97 Å². The fourth-order valence-corrected chi connectivity index (χ4v) is 3.91. The average molecular weight is 462 g/mol. The SMILES string of the molecule is CCOC(=O)/C=C/[C@H](C[C@@H]1CCNC1=O)NC(=O)c1cc2cc(Br)ccc2n1C. The van der Waals surface area contributed by atoms with Gasteiger partial charge in [0.1, 0.15) is 5.69 Å². The number of hydrogen-bond acceptors (Lipinski definition) is 4. The fourth-order valence-electron chi connectivity index (χ4n) is 3.53. The summed E-state index contributed by atoms with van der Waals surface area (Å²) in [6, 6.07) is 7.17. The van der Waals surface area contributed by atoms with Crippen molar-refractivity contribution in [1.82, 2.24) is 15.2 Å². The third-order valence-corrected chi connectivity index (χ3v) is 5.50. The molecule has 8 heteroatoms. The van der Waals surface area contributed by atoms with Crippen LogP contribution in [0.2, 0.25) is 0 Å². The summed E-state index contributed by atoms with van der Waals surface area (Å²) in [6.45, 7) is 2.63. The molecule has 0 saturated carbocycles. The predicted octanol–water partition coefficient (Wildman–Crippen LogP) is 2.68. The third-order valence-electron chi connectivity index (χ3n) is 5.01. The Balaban J connectivity index is 1.80. The number of fused-ring (bicyclic) bond motifs is 1. The van der Waals surface area contributed by atoms with Crippen molar-refractivity contribution >= 4 is 44.6 Å². The summed E-state index contributed by atoms with van der Waals surface area (Å²) in [5.74, 6) is -0.965. The standard InChI is InChI=1S/C21H24BrN3O4/c1-3-29-19(26)7-5-16(11-13-8-9-23-20(13)27)24-21(28)18-12-14-10-15(22)4-6-17(14)25(18)2/h4-7,10,12-13,16H,3,8-9,11H2,1-2H3,(H,23,27)(H,24,28)/b7-5+/t13-,16+/m0/s1. The largest absolute Gasteiger partial charge is 0.463 e. The van der Waals surface area contributed by atoms with Crippen LogP contribution in [0.1, 0.15) is 30.3 Å². The summed E-state index contributed by atoms with van der Waals surface area (Å²) in [5.41, 5.74) is 1.44. The molecule has 1 saturated heterocycles. The number of rotatable bonds is 7. The highest BCUT2D eigenvalue weighted by Crippen LogP contribution is 2.23. The van der Waals surface area contributed by atoms with Gasteiger partial charge in [0.05, 0.1) is 6.61 Å². The van der Waals surface area contributed by atoms with Crippen LogP contribution in [0.15, 0.2) is 40.9 Å². The van der Waals surface area contributed by atoms with Crippen LogP contribution in [0, 0.1) is 5.92 Å². The normalized spacial score (nSPS) is 17.5. The van der Waals surface area contributed by atoms with E-state index >= 15 is 0 Å². The topological polar surface area (TPSA) is 89.4 Å². The van der Waals surface area contributed by atoms with Crippen molar-refractivity contribution in [2.24, 2.45) is 13.0 Å². The second-order valence-electron chi connectivity index (χ2n) is 7.00. The van der Waals surface area contributed by atoms with E-state index in [2.05, 4.69) is 26.6 Å². The van der Waals surface area contributed by atoms with Gasteiger partial charge in [0, 0.05) is 47.0 Å². The maximum absolute atomic E-state index is 13.0. The molecule has 0 unspecified atom stereocenters. The van der Waals surface area contributed by atoms with Gasteiger partial charge in [-0.2, -0.15) is 0 Å². The summed E-state index contributed by atoms with van der Waals surface area (Å²) in [4.78, 5) is 36.6. The van der Waals surface area contributed by atoms with E-state index in [-0.39, 0.29) is 24.3 Å². The fraction of sp³-hybridized carbons (Fsp3) is 0.381. The first-order valence-electron chi connectivity index (χ1n) is 9.57. The van der Waals surface area contributed by atoms with Gasteiger partial charge in [-0.05, 0) is 44.0 Å². The molecule has 2 atom stereocenters. The quantitative estimate of drug-likeness (QED) is 0.489. The molecule has 3 rings (SSSR count). The second-order valence-corrected chi connectivity index (χ2v) is 7.91. The van der Waals surface area contributed by atoms with Crippen molar-refractivity contribution in [3.63, 3.8) is 0 Å². The molecule has 1 aliphatic rings. The van der Waals surface area contributed by atoms with Crippen molar-refractivity contribution in [3.8, 4) is 0 Å². The average Bonchev–Trinajstić information content (AvgIpc) is 3.22. The van der Waals surface area contributed by atoms with Crippen LogP contribution in [-0.2, 0) is 21.4 Å². The second kappa shape index (κ2) is 9.26. The Morgan fingerprint density at radius 1 is 1.41 bits per heavy atom. The molecule has 0 aliphatic carbocycles. The van der Waals surface area contributed by atoms with Gasteiger partial charge < -0.3 is 19.9 Å². The van der Waals surface area contributed by atoms with Crippen molar-refractivity contribution in [2.75, 3.05) is 13.2 Å². The minimum Gasteiger partial charge on any atom is -0.463 e. The van der Waals surface area contributed by atoms with Gasteiger partial charge in [-0.1, -0.05) is 22.0 Å². The highest BCUT2D eigenvalue weighted by molar-refractivity contribution is 9.10. The summed E-state index contributed by atoms with van der Waals surface area (Å²) in [5, 5.41) is 6.70. The van der Waals surface area contributed by atoms with Crippen molar-refractivity contribution < 1.29 is 19.1 Å². The molecule has 0 radical (unpaired) electrons. The highest BCUT2D eigenvalue weighted by Gasteiger charge is 2.27. The number of carbonyl (C=O) groups excluding carboxylic acids is 3. The minimum atomic E-state index is -0.475. The Morgan fingerprint density at radius 3 is 2.90 bits per heavy atom. The number of aryl methyl sites for hydroxylation is 1. The zero-order valence-corrected chi connectivity index (χ0v) is 18.0. The molecule has 2 heterocycles. The van der Waals surface area contributed by atoms with E-state index in [1.54, 1.807) is 13.0 Å². The van der Waals surface area contributed by atoms with Gasteiger partial charge in [-0.3, -0.25) is 9.59 Å². The number of halogens is 1. The molecule has 2 N–H and O–H groups in total. The van der Waals surface area contributed by atoms with Crippen LogP contribution < -0.4 is 10.6 Å². The van der Waals surface area contributed by atoms with Gasteiger partial charge in [0.2, 0.25) is 5.91 Å². The first kappa shape index (κ1) is 21.1. The third kappa shape index (κ3) is 5.06. The molecule has 1 aliphatic heterocycles. The van der Waals surface area contributed by atoms with Gasteiger partial charge in [0.15, 0.2) is 0 Å². The zero-order chi connectivity index (χ0) is 21.0. The molecule has 2 aromatic rings. The minimum absolute atomic E-state index is 0.0248. The molecule has 1 aromatic heterocycles.